The van der Waals surface area contributed by atoms with E-state index in [2.05, 4.69) is 10.1 Å². The van der Waals surface area contributed by atoms with Crippen LogP contribution < -0.4 is 5.73 Å². The summed E-state index contributed by atoms with van der Waals surface area (Å²) in [5.41, 5.74) is 6.17. The molecule has 2 heterocycles. The molecule has 0 aliphatic heterocycles. The Kier molecular flexibility index (Phi) is 2.88. The minimum Gasteiger partial charge on any atom is -0.389 e. The van der Waals surface area contributed by atoms with Crippen molar-refractivity contribution in [3.05, 3.63) is 41.9 Å². The van der Waals surface area contributed by atoms with Crippen LogP contribution in [-0.2, 0) is 0 Å². The molecule has 2 aromatic rings. The summed E-state index contributed by atoms with van der Waals surface area (Å²) in [4.78, 5) is 15.0. The molecule has 2 aromatic heterocycles. The number of amides is 1. The number of pyridine rings is 1. The van der Waals surface area contributed by atoms with Crippen LogP contribution in [0.25, 0.3) is 5.82 Å². The van der Waals surface area contributed by atoms with Crippen LogP contribution in [-0.4, -0.2) is 25.8 Å². The van der Waals surface area contributed by atoms with Crippen molar-refractivity contribution in [2.45, 2.75) is 13.0 Å². The van der Waals surface area contributed by atoms with Crippen LogP contribution in [0.1, 0.15) is 28.9 Å². The third-order valence-corrected chi connectivity index (χ3v) is 2.35. The number of carbonyl (C=O) groups excluding carboxylic acids is 1. The van der Waals surface area contributed by atoms with Crippen LogP contribution in [0.5, 0.6) is 0 Å². The molecule has 6 heteroatoms. The number of rotatable bonds is 3. The average molecular weight is 232 g/mol. The summed E-state index contributed by atoms with van der Waals surface area (Å²) >= 11 is 0. The molecule has 0 aliphatic rings. The number of carbonyl (C=O) groups is 1. The van der Waals surface area contributed by atoms with Crippen molar-refractivity contribution >= 4 is 5.91 Å². The van der Waals surface area contributed by atoms with Gasteiger partial charge in [0.1, 0.15) is 0 Å². The first-order valence-corrected chi connectivity index (χ1v) is 5.07. The first kappa shape index (κ1) is 11.3. The molecule has 0 saturated heterocycles. The second kappa shape index (κ2) is 4.34. The summed E-state index contributed by atoms with van der Waals surface area (Å²) in [6, 6.07) is 3.46. The lowest BCUT2D eigenvalue weighted by Gasteiger charge is -2.05. The molecule has 6 nitrogen and oxygen atoms in total. The molecule has 0 saturated carbocycles. The molecule has 88 valence electrons. The van der Waals surface area contributed by atoms with Gasteiger partial charge in [-0.1, -0.05) is 6.07 Å². The molecular weight excluding hydrogens is 220 g/mol. The van der Waals surface area contributed by atoms with E-state index < -0.39 is 12.0 Å². The van der Waals surface area contributed by atoms with Crippen molar-refractivity contribution in [2.75, 3.05) is 0 Å². The Morgan fingerprint density at radius 2 is 2.24 bits per heavy atom. The minimum atomic E-state index is -0.560. The lowest BCUT2D eigenvalue weighted by Crippen LogP contribution is -2.09. The van der Waals surface area contributed by atoms with E-state index in [1.807, 2.05) is 0 Å². The zero-order chi connectivity index (χ0) is 12.4. The summed E-state index contributed by atoms with van der Waals surface area (Å²) in [5.74, 6) is 0.0266. The zero-order valence-electron chi connectivity index (χ0n) is 9.24. The van der Waals surface area contributed by atoms with Crippen molar-refractivity contribution in [3.8, 4) is 5.82 Å². The molecule has 17 heavy (non-hydrogen) atoms. The van der Waals surface area contributed by atoms with Crippen LogP contribution >= 0.6 is 0 Å². The van der Waals surface area contributed by atoms with Crippen LogP contribution in [0.3, 0.4) is 0 Å². The van der Waals surface area contributed by atoms with Gasteiger partial charge in [-0.15, -0.1) is 0 Å². The van der Waals surface area contributed by atoms with Crippen LogP contribution in [0.4, 0.5) is 0 Å². The number of aliphatic hydroxyl groups is 1. The van der Waals surface area contributed by atoms with Crippen molar-refractivity contribution in [1.29, 1.82) is 0 Å². The molecule has 0 fully saturated rings. The molecule has 1 amide bonds. The fourth-order valence-corrected chi connectivity index (χ4v) is 1.36. The van der Waals surface area contributed by atoms with Gasteiger partial charge in [0.2, 0.25) is 0 Å². The van der Waals surface area contributed by atoms with Crippen molar-refractivity contribution < 1.29 is 9.90 Å². The summed E-state index contributed by atoms with van der Waals surface area (Å²) in [6.45, 7) is 1.66. The van der Waals surface area contributed by atoms with Gasteiger partial charge >= 0.3 is 0 Å². The fourth-order valence-electron chi connectivity index (χ4n) is 1.36. The van der Waals surface area contributed by atoms with Crippen molar-refractivity contribution in [3.63, 3.8) is 0 Å². The maximum atomic E-state index is 10.9. The lowest BCUT2D eigenvalue weighted by atomic mass is 10.2. The second-order valence-electron chi connectivity index (χ2n) is 3.66. The van der Waals surface area contributed by atoms with E-state index >= 15 is 0 Å². The number of primary amides is 1. The number of hydrogen-bond acceptors (Lipinski definition) is 4. The largest absolute Gasteiger partial charge is 0.389 e. The van der Waals surface area contributed by atoms with Gasteiger partial charge in [-0.25, -0.2) is 9.67 Å². The number of aromatic nitrogens is 3. The standard InChI is InChI=1S/C11H12N4O2/c1-7(16)8-2-3-10(13-4-8)15-6-9(5-14-15)11(12)17/h2-7,16H,1H3,(H2,12,17). The zero-order valence-corrected chi connectivity index (χ0v) is 9.24. The Morgan fingerprint density at radius 1 is 1.47 bits per heavy atom. The van der Waals surface area contributed by atoms with E-state index in [9.17, 15) is 9.90 Å². The van der Waals surface area contributed by atoms with Gasteiger partial charge in [-0.3, -0.25) is 4.79 Å². The van der Waals surface area contributed by atoms with Crippen LogP contribution in [0, 0.1) is 0 Å². The third-order valence-electron chi connectivity index (χ3n) is 2.35. The summed E-state index contributed by atoms with van der Waals surface area (Å²) < 4.78 is 1.45. The number of nitrogens with two attached hydrogens (primary N) is 1. The lowest BCUT2D eigenvalue weighted by molar-refractivity contribution is 0.100. The van der Waals surface area contributed by atoms with Gasteiger partial charge in [0, 0.05) is 12.4 Å². The summed E-state index contributed by atoms with van der Waals surface area (Å²) in [6.07, 6.45) is 3.89. The predicted octanol–water partition coefficient (Wildman–Crippen LogP) is 0.420. The maximum Gasteiger partial charge on any atom is 0.251 e. The van der Waals surface area contributed by atoms with Gasteiger partial charge in [0.15, 0.2) is 5.82 Å². The minimum absolute atomic E-state index is 0.325. The molecule has 1 atom stereocenters. The Balaban J connectivity index is 2.30. The smallest absolute Gasteiger partial charge is 0.251 e. The highest BCUT2D eigenvalue weighted by molar-refractivity contribution is 5.92. The third kappa shape index (κ3) is 2.31. The van der Waals surface area contributed by atoms with Gasteiger partial charge in [-0.2, -0.15) is 5.10 Å². The predicted molar refractivity (Wildman–Crippen MR) is 60.5 cm³/mol. The van der Waals surface area contributed by atoms with Crippen LogP contribution in [0.15, 0.2) is 30.7 Å². The molecule has 1 unspecified atom stereocenters. The van der Waals surface area contributed by atoms with Gasteiger partial charge in [-0.05, 0) is 18.6 Å². The summed E-state index contributed by atoms with van der Waals surface area (Å²) in [7, 11) is 0. The molecule has 3 N–H and O–H groups in total. The van der Waals surface area contributed by atoms with E-state index in [0.29, 0.717) is 11.4 Å². The Labute approximate surface area is 97.7 Å². The first-order chi connectivity index (χ1) is 8.08. The molecule has 0 radical (unpaired) electrons. The van der Waals surface area contributed by atoms with E-state index in [1.54, 1.807) is 25.3 Å². The average Bonchev–Trinajstić information content (AvgIpc) is 2.78. The molecule has 0 aliphatic carbocycles. The highest BCUT2D eigenvalue weighted by Crippen LogP contribution is 2.12. The normalized spacial score (nSPS) is 12.4. The van der Waals surface area contributed by atoms with E-state index in [4.69, 9.17) is 5.73 Å². The molecule has 0 aromatic carbocycles. The highest BCUT2D eigenvalue weighted by atomic mass is 16.3. The van der Waals surface area contributed by atoms with E-state index in [0.717, 1.165) is 5.56 Å². The van der Waals surface area contributed by atoms with Crippen LogP contribution in [0.2, 0.25) is 0 Å². The van der Waals surface area contributed by atoms with E-state index in [1.165, 1.54) is 17.1 Å². The first-order valence-electron chi connectivity index (χ1n) is 5.07. The number of aliphatic hydroxyl groups excluding tert-OH is 1. The van der Waals surface area contributed by atoms with Crippen molar-refractivity contribution in [1.82, 2.24) is 14.8 Å². The monoisotopic (exact) mass is 232 g/mol. The molecule has 0 bridgehead atoms. The Bertz CT molecular complexity index is 531. The number of nitrogens with zero attached hydrogens (tertiary/aromatic N) is 3. The molecule has 2 rings (SSSR count). The Hall–Kier alpha value is -2.21. The van der Waals surface area contributed by atoms with Gasteiger partial charge < -0.3 is 10.8 Å². The topological polar surface area (TPSA) is 94.0 Å². The summed E-state index contributed by atoms with van der Waals surface area (Å²) in [5, 5.41) is 13.3. The Morgan fingerprint density at radius 3 is 2.71 bits per heavy atom. The van der Waals surface area contributed by atoms with Gasteiger partial charge in [0.05, 0.1) is 17.9 Å². The number of hydrogen-bond donors (Lipinski definition) is 2. The quantitative estimate of drug-likeness (QED) is 0.801. The highest BCUT2D eigenvalue weighted by Gasteiger charge is 2.07. The fraction of sp³-hybridized carbons (Fsp3) is 0.182. The SMILES string of the molecule is CC(O)c1ccc(-n2cc(C(N)=O)cn2)nc1. The maximum absolute atomic E-state index is 10.9. The molecule has 0 spiro atoms. The second-order valence-corrected chi connectivity index (χ2v) is 3.66. The van der Waals surface area contributed by atoms with E-state index in [-0.39, 0.29) is 0 Å². The van der Waals surface area contributed by atoms with Crippen molar-refractivity contribution in [2.24, 2.45) is 5.73 Å². The van der Waals surface area contributed by atoms with Gasteiger partial charge in [0.25, 0.3) is 5.91 Å². The molecular formula is C11H12N4O2.